The summed E-state index contributed by atoms with van der Waals surface area (Å²) in [4.78, 5) is 3.97. The van der Waals surface area contributed by atoms with Crippen LogP contribution < -0.4 is 5.32 Å². The molecule has 0 aliphatic heterocycles. The summed E-state index contributed by atoms with van der Waals surface area (Å²) in [5.41, 5.74) is 1.23. The van der Waals surface area contributed by atoms with Crippen molar-refractivity contribution in [3.63, 3.8) is 0 Å². The summed E-state index contributed by atoms with van der Waals surface area (Å²) in [6.45, 7) is 2.02. The van der Waals surface area contributed by atoms with E-state index in [0.717, 1.165) is 6.42 Å². The average molecular weight is 230 g/mol. The monoisotopic (exact) mass is 230 g/mol. The number of hydrogen-bond acceptors (Lipinski definition) is 2. The maximum absolute atomic E-state index is 13.4. The van der Waals surface area contributed by atoms with E-state index >= 15 is 0 Å². The molecule has 3 heteroatoms. The van der Waals surface area contributed by atoms with Crippen LogP contribution in [0.1, 0.15) is 12.5 Å². The fourth-order valence-corrected chi connectivity index (χ4v) is 1.74. The van der Waals surface area contributed by atoms with E-state index in [4.69, 9.17) is 0 Å². The Morgan fingerprint density at radius 3 is 2.65 bits per heavy atom. The predicted octanol–water partition coefficient (Wildman–Crippen LogP) is 3.26. The Balaban J connectivity index is 1.98. The molecule has 0 radical (unpaired) electrons. The first-order valence-corrected chi connectivity index (χ1v) is 5.66. The van der Waals surface area contributed by atoms with Gasteiger partial charge in [0.15, 0.2) is 11.6 Å². The topological polar surface area (TPSA) is 24.9 Å². The fourth-order valence-electron chi connectivity index (χ4n) is 1.74. The van der Waals surface area contributed by atoms with Gasteiger partial charge in [-0.25, -0.2) is 9.37 Å². The Bertz CT molecular complexity index is 471. The van der Waals surface area contributed by atoms with Crippen molar-refractivity contribution < 1.29 is 4.39 Å². The number of nitrogens with one attached hydrogen (secondary N) is 1. The van der Waals surface area contributed by atoms with Gasteiger partial charge >= 0.3 is 0 Å². The van der Waals surface area contributed by atoms with E-state index in [1.165, 1.54) is 11.6 Å². The number of aromatic nitrogens is 1. The van der Waals surface area contributed by atoms with Gasteiger partial charge in [0.25, 0.3) is 0 Å². The minimum atomic E-state index is -0.313. The zero-order chi connectivity index (χ0) is 12.1. The van der Waals surface area contributed by atoms with Crippen molar-refractivity contribution in [3.05, 3.63) is 60.0 Å². The van der Waals surface area contributed by atoms with Crippen molar-refractivity contribution in [2.45, 2.75) is 19.4 Å². The zero-order valence-electron chi connectivity index (χ0n) is 9.73. The summed E-state index contributed by atoms with van der Waals surface area (Å²) in [6, 6.07) is 13.3. The number of anilines is 1. The van der Waals surface area contributed by atoms with Gasteiger partial charge < -0.3 is 5.32 Å². The Hall–Kier alpha value is -1.90. The second-order valence-corrected chi connectivity index (χ2v) is 4.07. The van der Waals surface area contributed by atoms with Gasteiger partial charge in [0.05, 0.1) is 0 Å². The minimum absolute atomic E-state index is 0.141. The SMILES string of the molecule is CC(Cc1ccccc1)Nc1ncccc1F. The van der Waals surface area contributed by atoms with Crippen LogP contribution in [-0.2, 0) is 6.42 Å². The molecule has 0 aliphatic carbocycles. The molecule has 0 bridgehead atoms. The van der Waals surface area contributed by atoms with E-state index < -0.39 is 0 Å². The van der Waals surface area contributed by atoms with Crippen molar-refractivity contribution in [2.75, 3.05) is 5.32 Å². The predicted molar refractivity (Wildman–Crippen MR) is 67.4 cm³/mol. The molecule has 0 spiro atoms. The summed E-state index contributed by atoms with van der Waals surface area (Å²) < 4.78 is 13.4. The molecule has 0 fully saturated rings. The Labute approximate surface area is 101 Å². The number of rotatable bonds is 4. The molecule has 1 atom stereocenters. The van der Waals surface area contributed by atoms with E-state index in [1.54, 1.807) is 12.3 Å². The highest BCUT2D eigenvalue weighted by molar-refractivity contribution is 5.37. The van der Waals surface area contributed by atoms with Gasteiger partial charge in [-0.2, -0.15) is 0 Å². The first-order chi connectivity index (χ1) is 8.25. The Morgan fingerprint density at radius 2 is 1.94 bits per heavy atom. The molecule has 0 aliphatic rings. The quantitative estimate of drug-likeness (QED) is 0.872. The van der Waals surface area contributed by atoms with Gasteiger partial charge in [0.2, 0.25) is 0 Å². The standard InChI is InChI=1S/C14H15FN2/c1-11(10-12-6-3-2-4-7-12)17-14-13(15)8-5-9-16-14/h2-9,11H,10H2,1H3,(H,16,17). The van der Waals surface area contributed by atoms with Crippen LogP contribution in [0.5, 0.6) is 0 Å². The van der Waals surface area contributed by atoms with Crippen molar-refractivity contribution in [3.8, 4) is 0 Å². The third-order valence-electron chi connectivity index (χ3n) is 2.53. The lowest BCUT2D eigenvalue weighted by Crippen LogP contribution is -2.19. The summed E-state index contributed by atoms with van der Waals surface area (Å²) in [5.74, 6) is 0.00310. The molecule has 1 aromatic heterocycles. The highest BCUT2D eigenvalue weighted by Gasteiger charge is 2.07. The van der Waals surface area contributed by atoms with Crippen LogP contribution in [0.3, 0.4) is 0 Å². The Kier molecular flexibility index (Phi) is 3.70. The van der Waals surface area contributed by atoms with Crippen LogP contribution in [0.25, 0.3) is 0 Å². The largest absolute Gasteiger partial charge is 0.365 e. The maximum atomic E-state index is 13.4. The lowest BCUT2D eigenvalue weighted by Gasteiger charge is -2.14. The van der Waals surface area contributed by atoms with Gasteiger partial charge in [-0.05, 0) is 31.0 Å². The van der Waals surface area contributed by atoms with Crippen molar-refractivity contribution in [1.82, 2.24) is 4.98 Å². The Morgan fingerprint density at radius 1 is 1.18 bits per heavy atom. The smallest absolute Gasteiger partial charge is 0.165 e. The number of pyridine rings is 1. The van der Waals surface area contributed by atoms with Gasteiger partial charge in [-0.15, -0.1) is 0 Å². The second-order valence-electron chi connectivity index (χ2n) is 4.07. The molecule has 1 heterocycles. The molecule has 2 nitrogen and oxygen atoms in total. The molecular formula is C14H15FN2. The third kappa shape index (κ3) is 3.28. The van der Waals surface area contributed by atoms with Crippen LogP contribution in [0.4, 0.5) is 10.2 Å². The molecule has 1 aromatic carbocycles. The summed E-state index contributed by atoms with van der Waals surface area (Å²) in [7, 11) is 0. The van der Waals surface area contributed by atoms with Crippen molar-refractivity contribution in [1.29, 1.82) is 0 Å². The van der Waals surface area contributed by atoms with Crippen LogP contribution >= 0.6 is 0 Å². The first kappa shape index (κ1) is 11.6. The lowest BCUT2D eigenvalue weighted by molar-refractivity contribution is 0.619. The third-order valence-corrected chi connectivity index (χ3v) is 2.53. The lowest BCUT2D eigenvalue weighted by atomic mass is 10.1. The molecule has 88 valence electrons. The molecular weight excluding hydrogens is 215 g/mol. The normalized spacial score (nSPS) is 12.1. The molecule has 1 N–H and O–H groups in total. The zero-order valence-corrected chi connectivity index (χ0v) is 9.73. The molecule has 0 amide bonds. The summed E-state index contributed by atoms with van der Waals surface area (Å²) in [5, 5.41) is 3.07. The highest BCUT2D eigenvalue weighted by Crippen LogP contribution is 2.12. The molecule has 2 rings (SSSR count). The van der Waals surface area contributed by atoms with Crippen LogP contribution in [0.2, 0.25) is 0 Å². The van der Waals surface area contributed by atoms with Gasteiger partial charge in [-0.1, -0.05) is 30.3 Å². The number of halogens is 1. The van der Waals surface area contributed by atoms with E-state index in [0.29, 0.717) is 5.82 Å². The molecule has 1 unspecified atom stereocenters. The van der Waals surface area contributed by atoms with E-state index in [9.17, 15) is 4.39 Å². The average Bonchev–Trinajstić information content (AvgIpc) is 2.33. The maximum Gasteiger partial charge on any atom is 0.165 e. The highest BCUT2D eigenvalue weighted by atomic mass is 19.1. The van der Waals surface area contributed by atoms with Crippen LogP contribution in [-0.4, -0.2) is 11.0 Å². The molecule has 0 saturated heterocycles. The van der Waals surface area contributed by atoms with E-state index in [2.05, 4.69) is 22.4 Å². The van der Waals surface area contributed by atoms with Crippen molar-refractivity contribution >= 4 is 5.82 Å². The number of nitrogens with zero attached hydrogens (tertiary/aromatic N) is 1. The summed E-state index contributed by atoms with van der Waals surface area (Å²) in [6.07, 6.45) is 2.43. The van der Waals surface area contributed by atoms with Gasteiger partial charge in [0, 0.05) is 12.2 Å². The first-order valence-electron chi connectivity index (χ1n) is 5.66. The van der Waals surface area contributed by atoms with Gasteiger partial charge in [0.1, 0.15) is 0 Å². The van der Waals surface area contributed by atoms with E-state index in [-0.39, 0.29) is 11.9 Å². The molecule has 17 heavy (non-hydrogen) atoms. The van der Waals surface area contributed by atoms with Crippen molar-refractivity contribution in [2.24, 2.45) is 0 Å². The number of benzene rings is 1. The molecule has 2 aromatic rings. The minimum Gasteiger partial charge on any atom is -0.365 e. The molecule has 0 saturated carbocycles. The van der Waals surface area contributed by atoms with Gasteiger partial charge in [-0.3, -0.25) is 0 Å². The summed E-state index contributed by atoms with van der Waals surface area (Å²) >= 11 is 0. The second kappa shape index (κ2) is 5.43. The van der Waals surface area contributed by atoms with Crippen LogP contribution in [0, 0.1) is 5.82 Å². The van der Waals surface area contributed by atoms with Crippen LogP contribution in [0.15, 0.2) is 48.7 Å². The fraction of sp³-hybridized carbons (Fsp3) is 0.214. The van der Waals surface area contributed by atoms with E-state index in [1.807, 2.05) is 25.1 Å². The number of hydrogen-bond donors (Lipinski definition) is 1.